The molecule has 0 radical (unpaired) electrons. The summed E-state index contributed by atoms with van der Waals surface area (Å²) in [7, 11) is 0. The predicted octanol–water partition coefficient (Wildman–Crippen LogP) is 2.04. The first-order chi connectivity index (χ1) is 15.2. The highest BCUT2D eigenvalue weighted by atomic mass is 127. The summed E-state index contributed by atoms with van der Waals surface area (Å²) in [6.07, 6.45) is 0.775. The zero-order valence-corrected chi connectivity index (χ0v) is 21.1. The van der Waals surface area contributed by atoms with Gasteiger partial charge in [-0.25, -0.2) is 0 Å². The lowest BCUT2D eigenvalue weighted by Gasteiger charge is -2.37. The van der Waals surface area contributed by atoms with Crippen LogP contribution in [-0.4, -0.2) is 98.7 Å². The van der Waals surface area contributed by atoms with Crippen molar-refractivity contribution < 1.29 is 13.9 Å². The Kier molecular flexibility index (Phi) is 9.61. The van der Waals surface area contributed by atoms with Gasteiger partial charge >= 0.3 is 0 Å². The molecule has 9 heteroatoms. The van der Waals surface area contributed by atoms with Gasteiger partial charge < -0.3 is 24.3 Å². The summed E-state index contributed by atoms with van der Waals surface area (Å²) in [5.74, 6) is 2.12. The van der Waals surface area contributed by atoms with Gasteiger partial charge in [-0.2, -0.15) is 0 Å². The van der Waals surface area contributed by atoms with E-state index in [9.17, 15) is 4.79 Å². The molecule has 0 unspecified atom stereocenters. The van der Waals surface area contributed by atoms with Crippen LogP contribution in [0.5, 0.6) is 0 Å². The fraction of sp³-hybridized carbons (Fsp3) is 0.565. The molecule has 1 aromatic heterocycles. The minimum absolute atomic E-state index is 0. The number of piperazine rings is 1. The first-order valence-electron chi connectivity index (χ1n) is 11.3. The van der Waals surface area contributed by atoms with E-state index in [0.717, 1.165) is 61.8 Å². The van der Waals surface area contributed by atoms with Crippen molar-refractivity contribution >= 4 is 46.8 Å². The molecular weight excluding hydrogens is 521 g/mol. The van der Waals surface area contributed by atoms with Gasteiger partial charge in [0.2, 0.25) is 5.91 Å². The number of hydrogen-bond acceptors (Lipinski definition) is 5. The summed E-state index contributed by atoms with van der Waals surface area (Å²) in [4.78, 5) is 23.8. The molecule has 0 saturated carbocycles. The number of nitrogens with one attached hydrogen (secondary N) is 1. The van der Waals surface area contributed by atoms with Crippen LogP contribution in [0.4, 0.5) is 0 Å². The molecule has 176 valence electrons. The Morgan fingerprint density at radius 3 is 2.53 bits per heavy atom. The summed E-state index contributed by atoms with van der Waals surface area (Å²) in [5.41, 5.74) is 0.927. The Hall–Kier alpha value is -1.85. The monoisotopic (exact) mass is 555 g/mol. The predicted molar refractivity (Wildman–Crippen MR) is 137 cm³/mol. The number of fused-ring (bicyclic) bond motifs is 1. The first-order valence-corrected chi connectivity index (χ1v) is 11.3. The molecule has 8 nitrogen and oxygen atoms in total. The molecule has 2 aliphatic heterocycles. The van der Waals surface area contributed by atoms with Gasteiger partial charge in [-0.15, -0.1) is 24.0 Å². The number of carbonyl (C=O) groups is 1. The number of halogens is 1. The number of amides is 1. The number of benzene rings is 1. The molecular formula is C23H34IN5O3. The van der Waals surface area contributed by atoms with Gasteiger partial charge in [-0.3, -0.25) is 14.7 Å². The van der Waals surface area contributed by atoms with Crippen LogP contribution in [0.25, 0.3) is 11.0 Å². The topological polar surface area (TPSA) is 73.6 Å². The van der Waals surface area contributed by atoms with E-state index < -0.39 is 0 Å². The van der Waals surface area contributed by atoms with Crippen molar-refractivity contribution in [3.63, 3.8) is 0 Å². The van der Waals surface area contributed by atoms with Crippen LogP contribution in [0.2, 0.25) is 0 Å². The van der Waals surface area contributed by atoms with Gasteiger partial charge in [0, 0.05) is 64.2 Å². The van der Waals surface area contributed by atoms with E-state index in [1.54, 1.807) is 0 Å². The Morgan fingerprint density at radius 2 is 1.81 bits per heavy atom. The second kappa shape index (κ2) is 12.4. The molecule has 2 aliphatic rings. The Labute approximate surface area is 207 Å². The van der Waals surface area contributed by atoms with Crippen molar-refractivity contribution in [3.05, 3.63) is 36.1 Å². The number of aliphatic imine (C=N–C) groups is 1. The lowest BCUT2D eigenvalue weighted by Crippen LogP contribution is -2.55. The summed E-state index contributed by atoms with van der Waals surface area (Å²) < 4.78 is 11.2. The van der Waals surface area contributed by atoms with Crippen LogP contribution >= 0.6 is 24.0 Å². The van der Waals surface area contributed by atoms with Crippen molar-refractivity contribution in [1.82, 2.24) is 20.0 Å². The molecule has 4 rings (SSSR count). The summed E-state index contributed by atoms with van der Waals surface area (Å²) in [6.45, 7) is 10.3. The van der Waals surface area contributed by atoms with E-state index in [4.69, 9.17) is 14.1 Å². The average molecular weight is 555 g/mol. The number of furan rings is 1. The number of guanidine groups is 1. The number of rotatable bonds is 6. The normalized spacial score (nSPS) is 18.0. The maximum atomic E-state index is 12.5. The summed E-state index contributed by atoms with van der Waals surface area (Å²) in [5, 5.41) is 4.55. The quantitative estimate of drug-likeness (QED) is 0.334. The van der Waals surface area contributed by atoms with Crippen LogP contribution in [0.15, 0.2) is 39.7 Å². The van der Waals surface area contributed by atoms with E-state index in [1.807, 2.05) is 23.1 Å². The first kappa shape index (κ1) is 24.8. The SMILES string of the molecule is CCNC(=NCCc1cc2ccccc2o1)N1CCN(CC(=O)N2CCOCC2)CC1.I. The van der Waals surface area contributed by atoms with Crippen LogP contribution in [-0.2, 0) is 16.0 Å². The molecule has 0 spiro atoms. The van der Waals surface area contributed by atoms with Crippen molar-refractivity contribution in [2.24, 2.45) is 4.99 Å². The number of para-hydroxylation sites is 1. The Bertz CT molecular complexity index is 856. The molecule has 32 heavy (non-hydrogen) atoms. The number of morpholine rings is 1. The van der Waals surface area contributed by atoms with Crippen molar-refractivity contribution in [1.29, 1.82) is 0 Å². The lowest BCUT2D eigenvalue weighted by atomic mass is 10.2. The van der Waals surface area contributed by atoms with Gasteiger partial charge in [0.05, 0.1) is 19.8 Å². The minimum atomic E-state index is 0. The van der Waals surface area contributed by atoms with Crippen molar-refractivity contribution in [2.45, 2.75) is 13.3 Å². The standard InChI is InChI=1S/C23H33N5O3.HI/c1-2-24-23(25-8-7-20-17-19-5-3-4-6-21(19)31-20)28-11-9-26(10-12-28)18-22(29)27-13-15-30-16-14-27;/h3-6,17H,2,7-16,18H2,1H3,(H,24,25);1H. The van der Waals surface area contributed by atoms with Crippen LogP contribution < -0.4 is 5.32 Å². The van der Waals surface area contributed by atoms with Gasteiger partial charge in [0.15, 0.2) is 5.96 Å². The van der Waals surface area contributed by atoms with E-state index in [1.165, 1.54) is 0 Å². The van der Waals surface area contributed by atoms with Gasteiger partial charge in [-0.1, -0.05) is 18.2 Å². The maximum Gasteiger partial charge on any atom is 0.236 e. The second-order valence-electron chi connectivity index (χ2n) is 7.99. The summed E-state index contributed by atoms with van der Waals surface area (Å²) in [6, 6.07) is 10.2. The molecule has 1 N–H and O–H groups in total. The number of ether oxygens (including phenoxy) is 1. The second-order valence-corrected chi connectivity index (χ2v) is 7.99. The van der Waals surface area contributed by atoms with E-state index in [0.29, 0.717) is 39.4 Å². The zero-order chi connectivity index (χ0) is 21.5. The molecule has 2 aromatic rings. The molecule has 0 atom stereocenters. The third-order valence-electron chi connectivity index (χ3n) is 5.83. The third-order valence-corrected chi connectivity index (χ3v) is 5.83. The van der Waals surface area contributed by atoms with Crippen LogP contribution in [0.1, 0.15) is 12.7 Å². The fourth-order valence-corrected chi connectivity index (χ4v) is 4.08. The van der Waals surface area contributed by atoms with Gasteiger partial charge in [0.1, 0.15) is 11.3 Å². The molecule has 3 heterocycles. The lowest BCUT2D eigenvalue weighted by molar-refractivity contribution is -0.136. The molecule has 1 aromatic carbocycles. The van der Waals surface area contributed by atoms with Crippen molar-refractivity contribution in [2.75, 3.05) is 72.1 Å². The van der Waals surface area contributed by atoms with Gasteiger partial charge in [-0.05, 0) is 19.1 Å². The number of nitrogens with zero attached hydrogens (tertiary/aromatic N) is 4. The smallest absolute Gasteiger partial charge is 0.236 e. The van der Waals surface area contributed by atoms with Gasteiger partial charge in [0.25, 0.3) is 0 Å². The highest BCUT2D eigenvalue weighted by Crippen LogP contribution is 2.19. The summed E-state index contributed by atoms with van der Waals surface area (Å²) >= 11 is 0. The fourth-order valence-electron chi connectivity index (χ4n) is 4.08. The largest absolute Gasteiger partial charge is 0.461 e. The number of carbonyl (C=O) groups excluding carboxylic acids is 1. The number of hydrogen-bond donors (Lipinski definition) is 1. The van der Waals surface area contributed by atoms with Crippen LogP contribution in [0.3, 0.4) is 0 Å². The maximum absolute atomic E-state index is 12.5. The highest BCUT2D eigenvalue weighted by molar-refractivity contribution is 14.0. The molecule has 2 fully saturated rings. The van der Waals surface area contributed by atoms with E-state index in [-0.39, 0.29) is 29.9 Å². The average Bonchev–Trinajstić information content (AvgIpc) is 3.22. The molecule has 0 aliphatic carbocycles. The Balaban J connectivity index is 0.00000289. The molecule has 2 saturated heterocycles. The third kappa shape index (κ3) is 6.58. The highest BCUT2D eigenvalue weighted by Gasteiger charge is 2.24. The zero-order valence-electron chi connectivity index (χ0n) is 18.8. The minimum Gasteiger partial charge on any atom is -0.461 e. The van der Waals surface area contributed by atoms with E-state index in [2.05, 4.69) is 34.2 Å². The van der Waals surface area contributed by atoms with E-state index >= 15 is 0 Å². The Morgan fingerprint density at radius 1 is 1.06 bits per heavy atom. The van der Waals surface area contributed by atoms with Crippen LogP contribution in [0, 0.1) is 0 Å². The molecule has 0 bridgehead atoms. The molecule has 1 amide bonds. The van der Waals surface area contributed by atoms with Crippen molar-refractivity contribution in [3.8, 4) is 0 Å².